The van der Waals surface area contributed by atoms with Gasteiger partial charge < -0.3 is 10.2 Å². The number of carbonyl (C=O) groups excluding carboxylic acids is 2. The predicted molar refractivity (Wildman–Crippen MR) is 96.5 cm³/mol. The number of piperidine rings is 1. The Bertz CT molecular complexity index is 791. The van der Waals surface area contributed by atoms with Crippen molar-refractivity contribution in [3.05, 3.63) is 28.3 Å². The van der Waals surface area contributed by atoms with Crippen LogP contribution in [0.5, 0.6) is 0 Å². The number of hydrogen-bond donors (Lipinski definition) is 1. The summed E-state index contributed by atoms with van der Waals surface area (Å²) in [5, 5.41) is 11.1. The molecule has 0 aromatic carbocycles. The van der Waals surface area contributed by atoms with E-state index in [1.54, 1.807) is 17.9 Å². The maximum Gasteiger partial charge on any atom is 0.275 e. The third kappa shape index (κ3) is 3.46. The van der Waals surface area contributed by atoms with Gasteiger partial charge in [0, 0.05) is 26.7 Å². The molecular weight excluding hydrogens is 388 g/mol. The fraction of sp³-hybridized carbons (Fsp3) is 0.500. The fourth-order valence-corrected chi connectivity index (χ4v) is 3.52. The van der Waals surface area contributed by atoms with E-state index in [1.807, 2.05) is 11.8 Å². The number of aromatic nitrogens is 4. The number of hydrogen-bond acceptors (Lipinski definition) is 4. The van der Waals surface area contributed by atoms with E-state index < -0.39 is 0 Å². The third-order valence-corrected chi connectivity index (χ3v) is 4.92. The van der Waals surface area contributed by atoms with E-state index in [4.69, 9.17) is 0 Å². The van der Waals surface area contributed by atoms with Crippen LogP contribution in [0.1, 0.15) is 47.2 Å². The first-order valence-corrected chi connectivity index (χ1v) is 9.16. The van der Waals surface area contributed by atoms with Crippen molar-refractivity contribution in [1.29, 1.82) is 0 Å². The largest absolute Gasteiger partial charge is 0.337 e. The van der Waals surface area contributed by atoms with Crippen LogP contribution in [-0.4, -0.2) is 49.4 Å². The Balaban J connectivity index is 1.85. The summed E-state index contributed by atoms with van der Waals surface area (Å²) in [6, 6.07) is 0. The molecular formula is C16H21BrN6O2. The van der Waals surface area contributed by atoms with Crippen LogP contribution in [0.3, 0.4) is 0 Å². The predicted octanol–water partition coefficient (Wildman–Crippen LogP) is 2.28. The van der Waals surface area contributed by atoms with E-state index >= 15 is 0 Å². The van der Waals surface area contributed by atoms with Crippen LogP contribution in [0.25, 0.3) is 0 Å². The van der Waals surface area contributed by atoms with Crippen LogP contribution in [0.15, 0.2) is 16.9 Å². The minimum atomic E-state index is -0.327. The zero-order chi connectivity index (χ0) is 18.0. The van der Waals surface area contributed by atoms with Gasteiger partial charge in [0.15, 0.2) is 0 Å². The summed E-state index contributed by atoms with van der Waals surface area (Å²) in [5.74, 6) is -0.426. The molecule has 2 aromatic rings. The number of nitrogens with one attached hydrogen (secondary N) is 1. The molecule has 0 unspecified atom stereocenters. The Morgan fingerprint density at radius 3 is 2.56 bits per heavy atom. The van der Waals surface area contributed by atoms with E-state index in [9.17, 15) is 9.59 Å². The highest BCUT2D eigenvalue weighted by molar-refractivity contribution is 9.10. The average Bonchev–Trinajstić information content (AvgIpc) is 3.17. The van der Waals surface area contributed by atoms with Crippen molar-refractivity contribution in [3.8, 4) is 0 Å². The van der Waals surface area contributed by atoms with Gasteiger partial charge in [-0.1, -0.05) is 0 Å². The Hall–Kier alpha value is -2.16. The van der Waals surface area contributed by atoms with Crippen molar-refractivity contribution in [3.63, 3.8) is 0 Å². The Morgan fingerprint density at radius 2 is 1.88 bits per heavy atom. The molecule has 2 aromatic heterocycles. The van der Waals surface area contributed by atoms with Gasteiger partial charge in [0.05, 0.1) is 22.6 Å². The normalized spacial score (nSPS) is 14.6. The van der Waals surface area contributed by atoms with Gasteiger partial charge in [0.1, 0.15) is 11.4 Å². The van der Waals surface area contributed by atoms with Crippen LogP contribution in [-0.2, 0) is 13.6 Å². The zero-order valence-corrected chi connectivity index (χ0v) is 15.9. The average molecular weight is 409 g/mol. The van der Waals surface area contributed by atoms with Gasteiger partial charge in [-0.2, -0.15) is 10.2 Å². The maximum atomic E-state index is 12.8. The third-order valence-electron chi connectivity index (χ3n) is 4.34. The standard InChI is InChI=1S/C16H21BrN6O2/c1-3-23-13(11(17)9-19-23)15(24)20-12-10-18-21(2)14(12)16(25)22-7-5-4-6-8-22/h9-10H,3-8H2,1-2H3,(H,20,24). The zero-order valence-electron chi connectivity index (χ0n) is 14.3. The molecule has 1 saturated heterocycles. The van der Waals surface area contributed by atoms with Gasteiger partial charge in [-0.05, 0) is 42.1 Å². The number of anilines is 1. The van der Waals surface area contributed by atoms with Crippen molar-refractivity contribution < 1.29 is 9.59 Å². The summed E-state index contributed by atoms with van der Waals surface area (Å²) in [5.41, 5.74) is 1.23. The minimum absolute atomic E-state index is 0.0990. The lowest BCUT2D eigenvalue weighted by Gasteiger charge is -2.27. The molecule has 1 aliphatic rings. The molecule has 1 fully saturated rings. The molecule has 8 nitrogen and oxygen atoms in total. The lowest BCUT2D eigenvalue weighted by atomic mass is 10.1. The first-order valence-electron chi connectivity index (χ1n) is 8.36. The topological polar surface area (TPSA) is 85.0 Å². The number of carbonyl (C=O) groups is 2. The van der Waals surface area contributed by atoms with Crippen LogP contribution in [0.2, 0.25) is 0 Å². The highest BCUT2D eigenvalue weighted by atomic mass is 79.9. The molecule has 0 saturated carbocycles. The molecule has 2 amide bonds. The molecule has 0 radical (unpaired) electrons. The van der Waals surface area contributed by atoms with Gasteiger partial charge in [-0.25, -0.2) is 0 Å². The Labute approximate surface area is 154 Å². The quantitative estimate of drug-likeness (QED) is 0.840. The van der Waals surface area contributed by atoms with Crippen LogP contribution in [0, 0.1) is 0 Å². The summed E-state index contributed by atoms with van der Waals surface area (Å²) in [6.45, 7) is 3.96. The van der Waals surface area contributed by atoms with Gasteiger partial charge in [-0.15, -0.1) is 0 Å². The summed E-state index contributed by atoms with van der Waals surface area (Å²) in [4.78, 5) is 27.3. The molecule has 134 valence electrons. The Morgan fingerprint density at radius 1 is 1.16 bits per heavy atom. The molecule has 1 N–H and O–H groups in total. The minimum Gasteiger partial charge on any atom is -0.337 e. The fourth-order valence-electron chi connectivity index (χ4n) is 3.04. The van der Waals surface area contributed by atoms with Crippen molar-refractivity contribution in [2.75, 3.05) is 18.4 Å². The van der Waals surface area contributed by atoms with Crippen LogP contribution < -0.4 is 5.32 Å². The number of amides is 2. The van der Waals surface area contributed by atoms with E-state index in [1.165, 1.54) is 10.9 Å². The number of rotatable bonds is 4. The van der Waals surface area contributed by atoms with E-state index in [0.717, 1.165) is 32.4 Å². The number of nitrogens with zero attached hydrogens (tertiary/aromatic N) is 5. The second-order valence-corrected chi connectivity index (χ2v) is 6.85. The molecule has 3 heterocycles. The van der Waals surface area contributed by atoms with E-state index in [-0.39, 0.29) is 11.8 Å². The molecule has 1 aliphatic heterocycles. The van der Waals surface area contributed by atoms with Gasteiger partial charge in [-0.3, -0.25) is 19.0 Å². The first-order chi connectivity index (χ1) is 12.0. The first kappa shape index (κ1) is 17.7. The van der Waals surface area contributed by atoms with Crippen molar-refractivity contribution in [2.45, 2.75) is 32.7 Å². The smallest absolute Gasteiger partial charge is 0.275 e. The summed E-state index contributed by atoms with van der Waals surface area (Å²) < 4.78 is 3.72. The highest BCUT2D eigenvalue weighted by Crippen LogP contribution is 2.22. The summed E-state index contributed by atoms with van der Waals surface area (Å²) >= 11 is 3.35. The monoisotopic (exact) mass is 408 g/mol. The second kappa shape index (κ2) is 7.38. The molecule has 0 aliphatic carbocycles. The van der Waals surface area contributed by atoms with Gasteiger partial charge in [0.2, 0.25) is 0 Å². The van der Waals surface area contributed by atoms with Crippen LogP contribution in [0.4, 0.5) is 5.69 Å². The molecule has 3 rings (SSSR count). The van der Waals surface area contributed by atoms with Crippen molar-refractivity contribution >= 4 is 33.4 Å². The van der Waals surface area contributed by atoms with Gasteiger partial charge in [0.25, 0.3) is 11.8 Å². The van der Waals surface area contributed by atoms with E-state index in [0.29, 0.717) is 28.1 Å². The number of halogens is 1. The Kier molecular flexibility index (Phi) is 5.22. The van der Waals surface area contributed by atoms with Crippen molar-refractivity contribution in [2.24, 2.45) is 7.05 Å². The highest BCUT2D eigenvalue weighted by Gasteiger charge is 2.26. The summed E-state index contributed by atoms with van der Waals surface area (Å²) in [7, 11) is 1.71. The lowest BCUT2D eigenvalue weighted by molar-refractivity contribution is 0.0714. The second-order valence-electron chi connectivity index (χ2n) is 5.99. The van der Waals surface area contributed by atoms with Crippen molar-refractivity contribution in [1.82, 2.24) is 24.5 Å². The molecule has 0 spiro atoms. The lowest BCUT2D eigenvalue weighted by Crippen LogP contribution is -2.37. The molecule has 25 heavy (non-hydrogen) atoms. The number of likely N-dealkylation sites (tertiary alicyclic amines) is 1. The van der Waals surface area contributed by atoms with Gasteiger partial charge >= 0.3 is 0 Å². The molecule has 0 bridgehead atoms. The summed E-state index contributed by atoms with van der Waals surface area (Å²) in [6.07, 6.45) is 6.26. The van der Waals surface area contributed by atoms with Crippen LogP contribution >= 0.6 is 15.9 Å². The molecule has 0 atom stereocenters. The maximum absolute atomic E-state index is 12.8. The van der Waals surface area contributed by atoms with E-state index in [2.05, 4.69) is 31.4 Å². The SMILES string of the molecule is CCn1ncc(Br)c1C(=O)Nc1cnn(C)c1C(=O)N1CCCCC1. The molecule has 9 heteroatoms. The number of aryl methyl sites for hydroxylation is 2.